The molecular weight excluding hydrogens is 334 g/mol. The van der Waals surface area contributed by atoms with Crippen LogP contribution < -0.4 is 5.32 Å². The van der Waals surface area contributed by atoms with Gasteiger partial charge in [-0.25, -0.2) is 0 Å². The van der Waals surface area contributed by atoms with Crippen molar-refractivity contribution in [1.82, 2.24) is 15.1 Å². The Hall–Kier alpha value is -0.740. The molecule has 144 valence electrons. The van der Waals surface area contributed by atoms with E-state index in [0.717, 1.165) is 32.6 Å². The molecule has 0 bridgehead atoms. The predicted octanol–water partition coefficient (Wildman–Crippen LogP) is 0.218. The maximum atomic E-state index is 10.9. The molecule has 0 amide bonds. The van der Waals surface area contributed by atoms with Crippen molar-refractivity contribution in [3.05, 3.63) is 0 Å². The van der Waals surface area contributed by atoms with Crippen molar-refractivity contribution in [3.63, 3.8) is 0 Å². The Morgan fingerprint density at radius 2 is 1.75 bits per heavy atom. The summed E-state index contributed by atoms with van der Waals surface area (Å²) in [7, 11) is -1.96. The topological polar surface area (TPSA) is 110 Å². The van der Waals surface area contributed by atoms with E-state index in [0.29, 0.717) is 25.6 Å². The van der Waals surface area contributed by atoms with Crippen LogP contribution in [0.5, 0.6) is 0 Å². The molecule has 0 aliphatic rings. The van der Waals surface area contributed by atoms with E-state index >= 15 is 0 Å². The van der Waals surface area contributed by atoms with E-state index < -0.39 is 16.1 Å². The van der Waals surface area contributed by atoms with Gasteiger partial charge in [-0.1, -0.05) is 13.8 Å². The van der Waals surface area contributed by atoms with E-state index in [1.54, 1.807) is 0 Å². The summed E-state index contributed by atoms with van der Waals surface area (Å²) in [5, 5.41) is 11.6. The maximum absolute atomic E-state index is 10.9. The predicted molar refractivity (Wildman–Crippen MR) is 94.9 cm³/mol. The van der Waals surface area contributed by atoms with E-state index in [1.165, 1.54) is 0 Å². The van der Waals surface area contributed by atoms with Crippen molar-refractivity contribution in [2.24, 2.45) is 5.92 Å². The van der Waals surface area contributed by atoms with Crippen molar-refractivity contribution in [2.45, 2.75) is 26.7 Å². The Labute approximate surface area is 146 Å². The van der Waals surface area contributed by atoms with Crippen molar-refractivity contribution in [1.29, 1.82) is 0 Å². The minimum Gasteiger partial charge on any atom is -0.481 e. The third-order valence-corrected chi connectivity index (χ3v) is 4.37. The van der Waals surface area contributed by atoms with Crippen LogP contribution in [0.2, 0.25) is 0 Å². The number of carboxylic acids is 1. The lowest BCUT2D eigenvalue weighted by Gasteiger charge is -2.26. The zero-order chi connectivity index (χ0) is 18.6. The Kier molecular flexibility index (Phi) is 12.2. The molecule has 8 nitrogen and oxygen atoms in total. The van der Waals surface area contributed by atoms with Crippen LogP contribution in [-0.4, -0.2) is 92.5 Å². The van der Waals surface area contributed by atoms with Gasteiger partial charge in [0.15, 0.2) is 0 Å². The molecule has 0 aromatic heterocycles. The van der Waals surface area contributed by atoms with Crippen LogP contribution >= 0.6 is 0 Å². The molecule has 0 fully saturated rings. The Morgan fingerprint density at radius 1 is 1.08 bits per heavy atom. The number of carbonyl (C=O) groups is 1. The summed E-state index contributed by atoms with van der Waals surface area (Å²) in [5.41, 5.74) is 0. The first-order chi connectivity index (χ1) is 11.1. The summed E-state index contributed by atoms with van der Waals surface area (Å²) in [5.74, 6) is -0.518. The summed E-state index contributed by atoms with van der Waals surface area (Å²) >= 11 is 0. The Morgan fingerprint density at radius 3 is 2.29 bits per heavy atom. The number of rotatable bonds is 15. The lowest BCUT2D eigenvalue weighted by Crippen LogP contribution is -2.39. The number of likely N-dealkylation sites (N-methyl/N-ethyl adjacent to an activating group) is 1. The molecule has 0 saturated heterocycles. The SMILES string of the molecule is CC(C)CCN(CCN(C)CCNCCC(=O)O)CCS(=O)(=O)O. The van der Waals surface area contributed by atoms with Crippen molar-refractivity contribution in [2.75, 3.05) is 58.6 Å². The number of nitrogens with zero attached hydrogens (tertiary/aromatic N) is 2. The monoisotopic (exact) mass is 367 g/mol. The van der Waals surface area contributed by atoms with Gasteiger partial charge in [-0.05, 0) is 25.9 Å². The summed E-state index contributed by atoms with van der Waals surface area (Å²) in [4.78, 5) is 14.6. The van der Waals surface area contributed by atoms with E-state index in [2.05, 4.69) is 29.0 Å². The number of nitrogens with one attached hydrogen (secondary N) is 1. The van der Waals surface area contributed by atoms with Gasteiger partial charge in [-0.2, -0.15) is 8.42 Å². The van der Waals surface area contributed by atoms with Gasteiger partial charge in [0, 0.05) is 39.3 Å². The molecule has 0 aromatic carbocycles. The third-order valence-electron chi connectivity index (χ3n) is 3.67. The van der Waals surface area contributed by atoms with Gasteiger partial charge in [-0.15, -0.1) is 0 Å². The first-order valence-corrected chi connectivity index (χ1v) is 9.99. The van der Waals surface area contributed by atoms with Gasteiger partial charge in [0.1, 0.15) is 0 Å². The van der Waals surface area contributed by atoms with Crippen LogP contribution in [0.4, 0.5) is 0 Å². The molecule has 0 rings (SSSR count). The second kappa shape index (κ2) is 12.6. The van der Waals surface area contributed by atoms with Crippen LogP contribution in [0.1, 0.15) is 26.7 Å². The van der Waals surface area contributed by atoms with Crippen molar-refractivity contribution >= 4 is 16.1 Å². The lowest BCUT2D eigenvalue weighted by molar-refractivity contribution is -0.136. The van der Waals surface area contributed by atoms with Gasteiger partial charge in [0.2, 0.25) is 0 Å². The molecule has 0 spiro atoms. The van der Waals surface area contributed by atoms with Crippen molar-refractivity contribution < 1.29 is 22.9 Å². The molecule has 0 heterocycles. The quantitative estimate of drug-likeness (QED) is 0.278. The molecule has 0 aromatic rings. The highest BCUT2D eigenvalue weighted by Gasteiger charge is 2.12. The van der Waals surface area contributed by atoms with E-state index in [4.69, 9.17) is 9.66 Å². The molecule has 0 aliphatic carbocycles. The zero-order valence-electron chi connectivity index (χ0n) is 15.1. The molecule has 0 aliphatic heterocycles. The second-order valence-corrected chi connectivity index (χ2v) is 8.08. The van der Waals surface area contributed by atoms with Crippen LogP contribution in [0.3, 0.4) is 0 Å². The standard InChI is InChI=1S/C15H33N3O5S/c1-14(2)5-8-18(12-13-24(21,22)23)11-10-17(3)9-7-16-6-4-15(19)20/h14,16H,4-13H2,1-3H3,(H,19,20)(H,21,22,23). The lowest BCUT2D eigenvalue weighted by atomic mass is 10.1. The second-order valence-electron chi connectivity index (χ2n) is 6.51. The summed E-state index contributed by atoms with van der Waals surface area (Å²) < 4.78 is 30.8. The average molecular weight is 368 g/mol. The first-order valence-electron chi connectivity index (χ1n) is 8.38. The molecule has 0 atom stereocenters. The Balaban J connectivity index is 4.06. The summed E-state index contributed by atoms with van der Waals surface area (Å²) in [6.45, 7) is 8.84. The smallest absolute Gasteiger partial charge is 0.304 e. The minimum atomic E-state index is -3.94. The highest BCUT2D eigenvalue weighted by molar-refractivity contribution is 7.85. The summed E-state index contributed by atoms with van der Waals surface area (Å²) in [6, 6.07) is 0. The minimum absolute atomic E-state index is 0.113. The van der Waals surface area contributed by atoms with Gasteiger partial charge >= 0.3 is 5.97 Å². The number of hydrogen-bond donors (Lipinski definition) is 3. The van der Waals surface area contributed by atoms with E-state index in [9.17, 15) is 13.2 Å². The largest absolute Gasteiger partial charge is 0.481 e. The van der Waals surface area contributed by atoms with Crippen LogP contribution in [-0.2, 0) is 14.9 Å². The van der Waals surface area contributed by atoms with Gasteiger partial charge in [0.05, 0.1) is 12.2 Å². The fraction of sp³-hybridized carbons (Fsp3) is 0.933. The highest BCUT2D eigenvalue weighted by Crippen LogP contribution is 2.03. The van der Waals surface area contributed by atoms with Crippen molar-refractivity contribution in [3.8, 4) is 0 Å². The van der Waals surface area contributed by atoms with E-state index in [1.807, 2.05) is 7.05 Å². The molecule has 3 N–H and O–H groups in total. The third kappa shape index (κ3) is 16.1. The molecule has 24 heavy (non-hydrogen) atoms. The summed E-state index contributed by atoms with van der Waals surface area (Å²) in [6.07, 6.45) is 1.09. The number of aliphatic carboxylic acids is 1. The van der Waals surface area contributed by atoms with Crippen LogP contribution in [0.15, 0.2) is 0 Å². The van der Waals surface area contributed by atoms with Gasteiger partial charge in [-0.3, -0.25) is 9.35 Å². The van der Waals surface area contributed by atoms with Crippen LogP contribution in [0.25, 0.3) is 0 Å². The molecule has 0 radical (unpaired) electrons. The molecule has 9 heteroatoms. The molecule has 0 unspecified atom stereocenters. The van der Waals surface area contributed by atoms with Gasteiger partial charge in [0.25, 0.3) is 10.1 Å². The fourth-order valence-electron chi connectivity index (χ4n) is 2.03. The first kappa shape index (κ1) is 23.3. The number of hydrogen-bond acceptors (Lipinski definition) is 6. The average Bonchev–Trinajstić information content (AvgIpc) is 2.44. The highest BCUT2D eigenvalue weighted by atomic mass is 32.2. The van der Waals surface area contributed by atoms with Gasteiger partial charge < -0.3 is 20.2 Å². The Bertz CT molecular complexity index is 442. The maximum Gasteiger partial charge on any atom is 0.304 e. The zero-order valence-corrected chi connectivity index (χ0v) is 15.9. The van der Waals surface area contributed by atoms with Crippen LogP contribution in [0, 0.1) is 5.92 Å². The van der Waals surface area contributed by atoms with E-state index in [-0.39, 0.29) is 12.2 Å². The normalized spacial score (nSPS) is 12.5. The number of carboxylic acid groups (broad SMARTS) is 1. The molecular formula is C15H33N3O5S. The molecule has 0 saturated carbocycles. The fourth-order valence-corrected chi connectivity index (χ4v) is 2.52.